The number of carbonyl (C=O) groups is 1. The first-order valence-corrected chi connectivity index (χ1v) is 5.52. The topological polar surface area (TPSA) is 57.8 Å². The Bertz CT molecular complexity index is 532. The number of nitrogens with zero attached hydrogens (tertiary/aromatic N) is 1. The molecule has 0 radical (unpaired) electrons. The molecule has 0 saturated carbocycles. The van der Waals surface area contributed by atoms with E-state index in [1.807, 2.05) is 24.4 Å². The number of rotatable bonds is 1. The van der Waals surface area contributed by atoms with Crippen LogP contribution in [0, 0.1) is 0 Å². The summed E-state index contributed by atoms with van der Waals surface area (Å²) < 4.78 is 0. The van der Waals surface area contributed by atoms with E-state index in [0.717, 1.165) is 23.3 Å². The first-order chi connectivity index (χ1) is 7.84. The van der Waals surface area contributed by atoms with Crippen LogP contribution in [0.3, 0.4) is 0 Å². The summed E-state index contributed by atoms with van der Waals surface area (Å²) in [6, 6.07) is 5.85. The number of aromatic nitrogens is 2. The highest BCUT2D eigenvalue weighted by Crippen LogP contribution is 2.20. The fraction of sp³-hybridized carbons (Fsp3) is 0.333. The predicted octanol–water partition coefficient (Wildman–Crippen LogP) is 1.21. The molecule has 2 N–H and O–H groups in total. The van der Waals surface area contributed by atoms with Crippen LogP contribution in [0.25, 0.3) is 11.0 Å². The molecule has 4 heteroatoms. The van der Waals surface area contributed by atoms with Crippen molar-refractivity contribution in [3.63, 3.8) is 0 Å². The lowest BCUT2D eigenvalue weighted by molar-refractivity contribution is -0.121. The van der Waals surface area contributed by atoms with E-state index >= 15 is 0 Å². The van der Waals surface area contributed by atoms with Gasteiger partial charge in [-0.25, -0.2) is 0 Å². The molecule has 1 saturated heterocycles. The smallest absolute Gasteiger partial charge is 0.144 e. The van der Waals surface area contributed by atoms with E-state index < -0.39 is 0 Å². The molecular formula is C12H13N3O. The number of piperidine rings is 1. The fourth-order valence-electron chi connectivity index (χ4n) is 2.16. The first-order valence-electron chi connectivity index (χ1n) is 5.52. The summed E-state index contributed by atoms with van der Waals surface area (Å²) in [5.41, 5.74) is 2.82. The number of aromatic amines is 1. The molecule has 1 aliphatic heterocycles. The van der Waals surface area contributed by atoms with Crippen molar-refractivity contribution in [2.45, 2.75) is 12.3 Å². The Morgan fingerprint density at radius 3 is 3.12 bits per heavy atom. The van der Waals surface area contributed by atoms with E-state index in [4.69, 9.17) is 0 Å². The SMILES string of the molecule is O=C1CCNCC1c1ccc2[nH]ccc2n1. The molecule has 16 heavy (non-hydrogen) atoms. The molecule has 0 aromatic carbocycles. The van der Waals surface area contributed by atoms with Crippen LogP contribution in [0.5, 0.6) is 0 Å². The second kappa shape index (κ2) is 3.72. The van der Waals surface area contributed by atoms with Gasteiger partial charge in [0, 0.05) is 25.7 Å². The predicted molar refractivity (Wildman–Crippen MR) is 61.3 cm³/mol. The number of Topliss-reactive ketones (excluding diaryl/α,β-unsaturated/α-hetero) is 1. The van der Waals surface area contributed by atoms with Gasteiger partial charge < -0.3 is 10.3 Å². The Kier molecular flexibility index (Phi) is 2.22. The van der Waals surface area contributed by atoms with Crippen LogP contribution >= 0.6 is 0 Å². The number of nitrogens with one attached hydrogen (secondary N) is 2. The maximum absolute atomic E-state index is 11.8. The lowest BCUT2D eigenvalue weighted by Gasteiger charge is -2.20. The van der Waals surface area contributed by atoms with Crippen LogP contribution in [-0.2, 0) is 4.79 Å². The van der Waals surface area contributed by atoms with E-state index in [9.17, 15) is 4.79 Å². The zero-order valence-electron chi connectivity index (χ0n) is 8.86. The van der Waals surface area contributed by atoms with Crippen molar-refractivity contribution in [3.05, 3.63) is 30.1 Å². The molecule has 0 bridgehead atoms. The Balaban J connectivity index is 2.00. The molecule has 2 aromatic heterocycles. The molecule has 0 amide bonds. The zero-order chi connectivity index (χ0) is 11.0. The standard InChI is InChI=1S/C12H13N3O/c16-12-4-5-13-7-8(12)9-1-2-10-11(15-9)3-6-14-10/h1-3,6,8,13-14H,4-5,7H2. The maximum Gasteiger partial charge on any atom is 0.144 e. The van der Waals surface area contributed by atoms with Crippen molar-refractivity contribution >= 4 is 16.8 Å². The van der Waals surface area contributed by atoms with Gasteiger partial charge in [0.15, 0.2) is 0 Å². The second-order valence-electron chi connectivity index (χ2n) is 4.12. The normalized spacial score (nSPS) is 21.5. The Morgan fingerprint density at radius 2 is 2.25 bits per heavy atom. The van der Waals surface area contributed by atoms with Crippen molar-refractivity contribution in [1.29, 1.82) is 0 Å². The summed E-state index contributed by atoms with van der Waals surface area (Å²) in [6.45, 7) is 1.50. The fourth-order valence-corrected chi connectivity index (χ4v) is 2.16. The summed E-state index contributed by atoms with van der Waals surface area (Å²) in [5, 5.41) is 3.24. The molecule has 1 unspecified atom stereocenters. The summed E-state index contributed by atoms with van der Waals surface area (Å²) in [5.74, 6) is 0.217. The molecule has 0 aliphatic carbocycles. The summed E-state index contributed by atoms with van der Waals surface area (Å²) >= 11 is 0. The van der Waals surface area contributed by atoms with Crippen LogP contribution in [0.2, 0.25) is 0 Å². The van der Waals surface area contributed by atoms with Crippen molar-refractivity contribution in [3.8, 4) is 0 Å². The van der Waals surface area contributed by atoms with Gasteiger partial charge in [-0.3, -0.25) is 9.78 Å². The average molecular weight is 215 g/mol. The highest BCUT2D eigenvalue weighted by molar-refractivity contribution is 5.87. The number of carbonyl (C=O) groups excluding carboxylic acids is 1. The van der Waals surface area contributed by atoms with Crippen LogP contribution in [0.15, 0.2) is 24.4 Å². The van der Waals surface area contributed by atoms with Gasteiger partial charge in [0.1, 0.15) is 5.78 Å². The van der Waals surface area contributed by atoms with E-state index in [0.29, 0.717) is 18.7 Å². The number of pyridine rings is 1. The number of hydrogen-bond acceptors (Lipinski definition) is 3. The van der Waals surface area contributed by atoms with Crippen LogP contribution in [0.1, 0.15) is 18.0 Å². The Hall–Kier alpha value is -1.68. The molecule has 1 atom stereocenters. The van der Waals surface area contributed by atoms with Gasteiger partial charge in [-0.1, -0.05) is 0 Å². The largest absolute Gasteiger partial charge is 0.360 e. The third-order valence-electron chi connectivity index (χ3n) is 3.07. The van der Waals surface area contributed by atoms with Crippen LogP contribution < -0.4 is 5.32 Å². The van der Waals surface area contributed by atoms with E-state index in [2.05, 4.69) is 15.3 Å². The molecule has 82 valence electrons. The van der Waals surface area contributed by atoms with Gasteiger partial charge in [0.05, 0.1) is 22.6 Å². The van der Waals surface area contributed by atoms with E-state index in [1.54, 1.807) is 0 Å². The van der Waals surface area contributed by atoms with Gasteiger partial charge in [-0.15, -0.1) is 0 Å². The zero-order valence-corrected chi connectivity index (χ0v) is 8.86. The molecule has 3 heterocycles. The summed E-state index contributed by atoms with van der Waals surface area (Å²) in [7, 11) is 0. The molecule has 3 rings (SSSR count). The highest BCUT2D eigenvalue weighted by atomic mass is 16.1. The van der Waals surface area contributed by atoms with Crippen LogP contribution in [0.4, 0.5) is 0 Å². The molecule has 1 fully saturated rings. The highest BCUT2D eigenvalue weighted by Gasteiger charge is 2.24. The van der Waals surface area contributed by atoms with Gasteiger partial charge >= 0.3 is 0 Å². The van der Waals surface area contributed by atoms with Crippen molar-refractivity contribution in [1.82, 2.24) is 15.3 Å². The van der Waals surface area contributed by atoms with Crippen molar-refractivity contribution in [2.75, 3.05) is 13.1 Å². The Labute approximate surface area is 93.1 Å². The summed E-state index contributed by atoms with van der Waals surface area (Å²) in [6.07, 6.45) is 2.47. The number of fused-ring (bicyclic) bond motifs is 1. The quantitative estimate of drug-likeness (QED) is 0.751. The number of ketones is 1. The van der Waals surface area contributed by atoms with Gasteiger partial charge in [0.2, 0.25) is 0 Å². The number of hydrogen-bond donors (Lipinski definition) is 2. The van der Waals surface area contributed by atoms with Gasteiger partial charge in [0.25, 0.3) is 0 Å². The minimum atomic E-state index is -0.0759. The Morgan fingerprint density at radius 1 is 1.31 bits per heavy atom. The molecule has 1 aliphatic rings. The molecule has 2 aromatic rings. The van der Waals surface area contributed by atoms with Crippen molar-refractivity contribution < 1.29 is 4.79 Å². The lowest BCUT2D eigenvalue weighted by Crippen LogP contribution is -2.35. The third kappa shape index (κ3) is 1.51. The molecular weight excluding hydrogens is 202 g/mol. The monoisotopic (exact) mass is 215 g/mol. The minimum Gasteiger partial charge on any atom is -0.360 e. The molecule has 0 spiro atoms. The number of H-pyrrole nitrogens is 1. The molecule has 4 nitrogen and oxygen atoms in total. The van der Waals surface area contributed by atoms with Crippen LogP contribution in [-0.4, -0.2) is 28.8 Å². The summed E-state index contributed by atoms with van der Waals surface area (Å²) in [4.78, 5) is 19.4. The van der Waals surface area contributed by atoms with E-state index in [1.165, 1.54) is 0 Å². The van der Waals surface area contributed by atoms with Gasteiger partial charge in [-0.05, 0) is 18.2 Å². The second-order valence-corrected chi connectivity index (χ2v) is 4.12. The van der Waals surface area contributed by atoms with Gasteiger partial charge in [-0.2, -0.15) is 0 Å². The van der Waals surface area contributed by atoms with E-state index in [-0.39, 0.29) is 5.92 Å². The van der Waals surface area contributed by atoms with Crippen molar-refractivity contribution in [2.24, 2.45) is 0 Å². The third-order valence-corrected chi connectivity index (χ3v) is 3.07. The first kappa shape index (κ1) is 9.54. The maximum atomic E-state index is 11.8. The minimum absolute atomic E-state index is 0.0759. The average Bonchev–Trinajstić information content (AvgIpc) is 2.76. The lowest BCUT2D eigenvalue weighted by atomic mass is 9.94.